The minimum Gasteiger partial charge on any atom is -0.338 e. The van der Waals surface area contributed by atoms with Crippen LogP contribution in [0.1, 0.15) is 25.3 Å². The Labute approximate surface area is 113 Å². The van der Waals surface area contributed by atoms with E-state index in [2.05, 4.69) is 5.32 Å². The van der Waals surface area contributed by atoms with Crippen LogP contribution in [-0.4, -0.2) is 36.5 Å². The molecule has 1 heterocycles. The van der Waals surface area contributed by atoms with Gasteiger partial charge in [-0.1, -0.05) is 12.1 Å². The number of rotatable bonds is 4. The van der Waals surface area contributed by atoms with Gasteiger partial charge in [0.15, 0.2) is 0 Å². The third kappa shape index (κ3) is 3.77. The predicted octanol–water partition coefficient (Wildman–Crippen LogP) is 1.97. The Morgan fingerprint density at radius 2 is 2.16 bits per heavy atom. The molecule has 3 nitrogen and oxygen atoms in total. The van der Waals surface area contributed by atoms with Gasteiger partial charge in [0, 0.05) is 19.1 Å². The fourth-order valence-electron chi connectivity index (χ4n) is 2.62. The van der Waals surface area contributed by atoms with E-state index in [1.165, 1.54) is 12.1 Å². The molecule has 1 aromatic carbocycles. The lowest BCUT2D eigenvalue weighted by Crippen LogP contribution is -2.49. The van der Waals surface area contributed by atoms with Crippen molar-refractivity contribution in [1.82, 2.24) is 10.2 Å². The smallest absolute Gasteiger partial charge is 0.227 e. The van der Waals surface area contributed by atoms with E-state index in [4.69, 9.17) is 0 Å². The Kier molecular flexibility index (Phi) is 4.91. The summed E-state index contributed by atoms with van der Waals surface area (Å²) in [7, 11) is 0. The number of hydrogen-bond donors (Lipinski definition) is 1. The van der Waals surface area contributed by atoms with Gasteiger partial charge in [0.05, 0.1) is 6.42 Å². The number of amides is 1. The van der Waals surface area contributed by atoms with Crippen molar-refractivity contribution in [1.29, 1.82) is 0 Å². The monoisotopic (exact) mass is 264 g/mol. The molecule has 1 saturated heterocycles. The third-order valence-electron chi connectivity index (χ3n) is 3.64. The van der Waals surface area contributed by atoms with Gasteiger partial charge in [0.25, 0.3) is 0 Å². The molecule has 1 fully saturated rings. The number of nitrogens with one attached hydrogen (secondary N) is 1. The van der Waals surface area contributed by atoms with Crippen LogP contribution < -0.4 is 5.32 Å². The topological polar surface area (TPSA) is 32.3 Å². The maximum atomic E-state index is 12.8. The largest absolute Gasteiger partial charge is 0.338 e. The van der Waals surface area contributed by atoms with E-state index >= 15 is 0 Å². The van der Waals surface area contributed by atoms with Gasteiger partial charge < -0.3 is 10.2 Å². The number of carbonyl (C=O) groups excluding carboxylic acids is 1. The number of carbonyl (C=O) groups is 1. The quantitative estimate of drug-likeness (QED) is 0.901. The molecule has 104 valence electrons. The van der Waals surface area contributed by atoms with Gasteiger partial charge in [-0.05, 0) is 44.0 Å². The lowest BCUT2D eigenvalue weighted by atomic mass is 10.0. The maximum Gasteiger partial charge on any atom is 0.227 e. The summed E-state index contributed by atoms with van der Waals surface area (Å²) in [6, 6.07) is 6.47. The molecule has 0 saturated carbocycles. The van der Waals surface area contributed by atoms with Crippen molar-refractivity contribution in [2.75, 3.05) is 19.6 Å². The Bertz CT molecular complexity index is 413. The first kappa shape index (κ1) is 14.0. The minimum absolute atomic E-state index is 0.128. The fourth-order valence-corrected chi connectivity index (χ4v) is 2.62. The van der Waals surface area contributed by atoms with Gasteiger partial charge in [0.2, 0.25) is 5.91 Å². The summed E-state index contributed by atoms with van der Waals surface area (Å²) in [5, 5.41) is 3.33. The normalized spacial score (nSPS) is 19.2. The second kappa shape index (κ2) is 6.66. The molecule has 0 spiro atoms. The molecule has 1 N–H and O–H groups in total. The molecule has 0 radical (unpaired) electrons. The third-order valence-corrected chi connectivity index (χ3v) is 3.64. The second-order valence-electron chi connectivity index (χ2n) is 4.98. The molecule has 1 atom stereocenters. The molecule has 0 aromatic heterocycles. The molecule has 0 bridgehead atoms. The van der Waals surface area contributed by atoms with Crippen molar-refractivity contribution in [2.45, 2.75) is 32.2 Å². The van der Waals surface area contributed by atoms with Crippen molar-refractivity contribution >= 4 is 5.91 Å². The molecular formula is C15H21FN2O. The van der Waals surface area contributed by atoms with Crippen LogP contribution in [0.2, 0.25) is 0 Å². The summed E-state index contributed by atoms with van der Waals surface area (Å²) in [5.41, 5.74) is 0.869. The zero-order chi connectivity index (χ0) is 13.7. The number of halogens is 1. The van der Waals surface area contributed by atoms with Gasteiger partial charge in [-0.15, -0.1) is 0 Å². The summed E-state index contributed by atoms with van der Waals surface area (Å²) in [6.07, 6.45) is 2.53. The van der Waals surface area contributed by atoms with E-state index in [1.807, 2.05) is 11.8 Å². The molecule has 0 aliphatic carbocycles. The van der Waals surface area contributed by atoms with Crippen molar-refractivity contribution in [3.8, 4) is 0 Å². The summed E-state index contributed by atoms with van der Waals surface area (Å²) in [5.74, 6) is -0.136. The SMILES string of the molecule is CCN(C(=O)Cc1ccc(F)cc1)C1CCCNC1. The highest BCUT2D eigenvalue weighted by molar-refractivity contribution is 5.79. The number of nitrogens with zero attached hydrogens (tertiary/aromatic N) is 1. The maximum absolute atomic E-state index is 12.8. The number of hydrogen-bond acceptors (Lipinski definition) is 2. The Balaban J connectivity index is 1.97. The average molecular weight is 264 g/mol. The van der Waals surface area contributed by atoms with Crippen LogP contribution in [-0.2, 0) is 11.2 Å². The molecule has 1 aliphatic heterocycles. The van der Waals surface area contributed by atoms with Gasteiger partial charge in [-0.25, -0.2) is 4.39 Å². The van der Waals surface area contributed by atoms with Gasteiger partial charge in [0.1, 0.15) is 5.82 Å². The van der Waals surface area contributed by atoms with Gasteiger partial charge in [-0.3, -0.25) is 4.79 Å². The molecule has 1 amide bonds. The van der Waals surface area contributed by atoms with Gasteiger partial charge >= 0.3 is 0 Å². The van der Waals surface area contributed by atoms with Crippen LogP contribution in [0.15, 0.2) is 24.3 Å². The van der Waals surface area contributed by atoms with Crippen LogP contribution in [0.5, 0.6) is 0 Å². The highest BCUT2D eigenvalue weighted by atomic mass is 19.1. The molecule has 1 aliphatic rings. The van der Waals surface area contributed by atoms with E-state index in [0.29, 0.717) is 12.5 Å². The first-order valence-electron chi connectivity index (χ1n) is 6.95. The minimum atomic E-state index is -0.264. The van der Waals surface area contributed by atoms with E-state index in [1.54, 1.807) is 12.1 Å². The van der Waals surface area contributed by atoms with E-state index in [9.17, 15) is 9.18 Å². The second-order valence-corrected chi connectivity index (χ2v) is 4.98. The number of piperidine rings is 1. The van der Waals surface area contributed by atoms with Crippen LogP contribution in [0.4, 0.5) is 4.39 Å². The number of likely N-dealkylation sites (N-methyl/N-ethyl adjacent to an activating group) is 1. The summed E-state index contributed by atoms with van der Waals surface area (Å²) in [6.45, 7) is 4.66. The Hall–Kier alpha value is -1.42. The zero-order valence-corrected chi connectivity index (χ0v) is 11.4. The Morgan fingerprint density at radius 1 is 1.42 bits per heavy atom. The summed E-state index contributed by atoms with van der Waals surface area (Å²) >= 11 is 0. The lowest BCUT2D eigenvalue weighted by Gasteiger charge is -2.34. The summed E-state index contributed by atoms with van der Waals surface area (Å²) in [4.78, 5) is 14.3. The first-order valence-corrected chi connectivity index (χ1v) is 6.95. The molecule has 4 heteroatoms. The summed E-state index contributed by atoms with van der Waals surface area (Å²) < 4.78 is 12.8. The molecule has 19 heavy (non-hydrogen) atoms. The van der Waals surface area contributed by atoms with Crippen LogP contribution >= 0.6 is 0 Å². The van der Waals surface area contributed by atoms with Crippen LogP contribution in [0.25, 0.3) is 0 Å². The van der Waals surface area contributed by atoms with Crippen LogP contribution in [0.3, 0.4) is 0 Å². The van der Waals surface area contributed by atoms with E-state index < -0.39 is 0 Å². The molecular weight excluding hydrogens is 243 g/mol. The zero-order valence-electron chi connectivity index (χ0n) is 11.4. The lowest BCUT2D eigenvalue weighted by molar-refractivity contribution is -0.132. The molecule has 1 aromatic rings. The van der Waals surface area contributed by atoms with Crippen molar-refractivity contribution < 1.29 is 9.18 Å². The molecule has 2 rings (SSSR count). The Morgan fingerprint density at radius 3 is 2.74 bits per heavy atom. The van der Waals surface area contributed by atoms with Gasteiger partial charge in [-0.2, -0.15) is 0 Å². The van der Waals surface area contributed by atoms with E-state index in [0.717, 1.165) is 38.0 Å². The standard InChI is InChI=1S/C15H21FN2O/c1-2-18(14-4-3-9-17-11-14)15(19)10-12-5-7-13(16)8-6-12/h5-8,14,17H,2-4,9-11H2,1H3. The van der Waals surface area contributed by atoms with E-state index in [-0.39, 0.29) is 11.7 Å². The van der Waals surface area contributed by atoms with Crippen molar-refractivity contribution in [3.63, 3.8) is 0 Å². The van der Waals surface area contributed by atoms with Crippen molar-refractivity contribution in [3.05, 3.63) is 35.6 Å². The first-order chi connectivity index (χ1) is 9.20. The fraction of sp³-hybridized carbons (Fsp3) is 0.533. The highest BCUT2D eigenvalue weighted by Gasteiger charge is 2.23. The van der Waals surface area contributed by atoms with Crippen molar-refractivity contribution in [2.24, 2.45) is 0 Å². The highest BCUT2D eigenvalue weighted by Crippen LogP contribution is 2.13. The molecule has 1 unspecified atom stereocenters. The predicted molar refractivity (Wildman–Crippen MR) is 73.4 cm³/mol. The number of benzene rings is 1. The van der Waals surface area contributed by atoms with Crippen LogP contribution in [0, 0.1) is 5.82 Å². The average Bonchev–Trinajstić information content (AvgIpc) is 2.43.